The first-order valence-electron chi connectivity index (χ1n) is 9.33. The Balaban J connectivity index is 0.00000192. The number of fused-ring (bicyclic) bond motifs is 1. The predicted molar refractivity (Wildman–Crippen MR) is 90.1 cm³/mol. The maximum Gasteiger partial charge on any atom is 0.223 e. The van der Waals surface area contributed by atoms with Gasteiger partial charge in [0.2, 0.25) is 5.91 Å². The van der Waals surface area contributed by atoms with E-state index >= 15 is 0 Å². The van der Waals surface area contributed by atoms with E-state index in [1.807, 2.05) is 6.92 Å². The van der Waals surface area contributed by atoms with Gasteiger partial charge in [0.15, 0.2) is 0 Å². The summed E-state index contributed by atoms with van der Waals surface area (Å²) in [7, 11) is 0. The van der Waals surface area contributed by atoms with Crippen LogP contribution in [0.1, 0.15) is 72.1 Å². The molecule has 1 saturated heterocycles. The molecular formula is C20H32NOY-. The van der Waals surface area contributed by atoms with Crippen LogP contribution in [0.3, 0.4) is 0 Å². The van der Waals surface area contributed by atoms with Crippen LogP contribution in [0.2, 0.25) is 0 Å². The van der Waals surface area contributed by atoms with Gasteiger partial charge in [0, 0.05) is 44.7 Å². The van der Waals surface area contributed by atoms with Crippen LogP contribution in [0.4, 0.5) is 0 Å². The number of rotatable bonds is 4. The molecule has 3 rings (SSSR count). The van der Waals surface area contributed by atoms with E-state index in [0.29, 0.717) is 17.4 Å². The van der Waals surface area contributed by atoms with Crippen LogP contribution in [0.25, 0.3) is 0 Å². The smallest absolute Gasteiger partial charge is 0.223 e. The second-order valence-corrected chi connectivity index (χ2v) is 8.57. The summed E-state index contributed by atoms with van der Waals surface area (Å²) in [5.41, 5.74) is 1.72. The van der Waals surface area contributed by atoms with Gasteiger partial charge < -0.3 is 11.9 Å². The third-order valence-corrected chi connectivity index (χ3v) is 7.13. The topological polar surface area (TPSA) is 29.1 Å². The molecule has 6 atom stereocenters. The summed E-state index contributed by atoms with van der Waals surface area (Å²) in [6.45, 7) is 13.3. The molecule has 1 amide bonds. The van der Waals surface area contributed by atoms with Crippen molar-refractivity contribution in [3.63, 3.8) is 0 Å². The first-order chi connectivity index (χ1) is 10.4. The van der Waals surface area contributed by atoms with Gasteiger partial charge in [0.25, 0.3) is 0 Å². The Morgan fingerprint density at radius 1 is 1.39 bits per heavy atom. The van der Waals surface area contributed by atoms with Crippen molar-refractivity contribution in [3.8, 4) is 0 Å². The van der Waals surface area contributed by atoms with Gasteiger partial charge in [0.05, 0.1) is 0 Å². The number of carbonyl (C=O) groups is 1. The molecule has 3 fully saturated rings. The van der Waals surface area contributed by atoms with Crippen molar-refractivity contribution >= 4 is 5.91 Å². The Bertz CT molecular complexity index is 463. The monoisotopic (exact) mass is 391 g/mol. The van der Waals surface area contributed by atoms with Crippen LogP contribution in [-0.4, -0.2) is 11.9 Å². The second-order valence-electron chi connectivity index (χ2n) is 8.57. The summed E-state index contributed by atoms with van der Waals surface area (Å²) in [5.74, 6) is 2.68. The van der Waals surface area contributed by atoms with Crippen molar-refractivity contribution < 1.29 is 37.5 Å². The number of amides is 1. The predicted octanol–water partition coefficient (Wildman–Crippen LogP) is 4.50. The molecule has 2 aliphatic carbocycles. The van der Waals surface area contributed by atoms with E-state index in [-0.39, 0.29) is 44.5 Å². The summed E-state index contributed by atoms with van der Waals surface area (Å²) < 4.78 is 0. The van der Waals surface area contributed by atoms with E-state index < -0.39 is 0 Å². The fourth-order valence-electron chi connectivity index (χ4n) is 5.81. The molecule has 2 saturated carbocycles. The summed E-state index contributed by atoms with van der Waals surface area (Å²) >= 11 is 0. The quantitative estimate of drug-likeness (QED) is 0.703. The molecule has 0 bridgehead atoms. The molecule has 3 aliphatic rings. The molecule has 1 N–H and O–H groups in total. The van der Waals surface area contributed by atoms with Gasteiger partial charge in [-0.15, -0.1) is 0 Å². The summed E-state index contributed by atoms with van der Waals surface area (Å²) in [5, 5.41) is 3.16. The average Bonchev–Trinajstić information content (AvgIpc) is 2.97. The first-order valence-corrected chi connectivity index (χ1v) is 9.33. The molecule has 3 heteroatoms. The van der Waals surface area contributed by atoms with E-state index in [1.165, 1.54) is 37.7 Å². The zero-order valence-corrected chi connectivity index (χ0v) is 17.9. The van der Waals surface area contributed by atoms with Crippen LogP contribution < -0.4 is 5.32 Å². The van der Waals surface area contributed by atoms with Gasteiger partial charge in [-0.1, -0.05) is 33.6 Å². The maximum atomic E-state index is 11.6. The molecule has 2 nitrogen and oxygen atoms in total. The third kappa shape index (κ3) is 3.79. The Morgan fingerprint density at radius 2 is 2.13 bits per heavy atom. The number of carbonyl (C=O) groups excluding carboxylic acids is 1. The minimum absolute atomic E-state index is 0. The van der Waals surface area contributed by atoms with Crippen LogP contribution in [0.15, 0.2) is 5.57 Å². The minimum Gasteiger partial charge on any atom is -0.514 e. The fraction of sp³-hybridized carbons (Fsp3) is 0.850. The van der Waals surface area contributed by atoms with Crippen molar-refractivity contribution in [3.05, 3.63) is 12.2 Å². The van der Waals surface area contributed by atoms with E-state index in [4.69, 9.17) is 6.58 Å². The molecule has 0 spiro atoms. The molecule has 127 valence electrons. The SMILES string of the molecule is [CH-]=C1CCC[C@@]2(C)C1CC[C@@H]2C(C)CCC1CC(C)C(=O)N1.[Y]. The fourth-order valence-corrected chi connectivity index (χ4v) is 5.81. The minimum atomic E-state index is 0. The normalized spacial score (nSPS) is 41.2. The number of allylic oxidation sites excluding steroid dienone is 1. The second kappa shape index (κ2) is 7.69. The van der Waals surface area contributed by atoms with Gasteiger partial charge in [-0.25, -0.2) is 0 Å². The molecule has 1 heterocycles. The van der Waals surface area contributed by atoms with Gasteiger partial charge in [-0.05, 0) is 61.7 Å². The van der Waals surface area contributed by atoms with Gasteiger partial charge in [-0.3, -0.25) is 10.4 Å². The molecule has 1 radical (unpaired) electrons. The van der Waals surface area contributed by atoms with E-state index in [2.05, 4.69) is 19.2 Å². The Kier molecular flexibility index (Phi) is 6.56. The van der Waals surface area contributed by atoms with Crippen molar-refractivity contribution in [1.82, 2.24) is 5.32 Å². The number of hydrogen-bond donors (Lipinski definition) is 1. The van der Waals surface area contributed by atoms with Gasteiger partial charge in [0.1, 0.15) is 0 Å². The van der Waals surface area contributed by atoms with Gasteiger partial charge >= 0.3 is 0 Å². The van der Waals surface area contributed by atoms with Crippen molar-refractivity contribution in [2.24, 2.45) is 29.1 Å². The van der Waals surface area contributed by atoms with Crippen molar-refractivity contribution in [2.45, 2.75) is 78.2 Å². The van der Waals surface area contributed by atoms with Gasteiger partial charge in [-0.2, -0.15) is 0 Å². The molecule has 0 aromatic heterocycles. The molecule has 4 unspecified atom stereocenters. The van der Waals surface area contributed by atoms with Crippen molar-refractivity contribution in [2.75, 3.05) is 0 Å². The standard InChI is InChI=1S/C20H32NO.Y/c1-13-6-5-11-20(4)17(13)9-10-18(20)14(2)7-8-16-12-15(3)19(22)21-16;/h1,14-18H,5-12H2,2-4H3,(H,21,22);/q-1;/t14?,15?,16?,17?,18-,20+;/m1./s1. The Morgan fingerprint density at radius 3 is 2.78 bits per heavy atom. The van der Waals surface area contributed by atoms with Crippen LogP contribution >= 0.6 is 0 Å². The summed E-state index contributed by atoms with van der Waals surface area (Å²) in [4.78, 5) is 11.6. The zero-order chi connectivity index (χ0) is 15.9. The third-order valence-electron chi connectivity index (χ3n) is 7.13. The van der Waals surface area contributed by atoms with E-state index in [0.717, 1.165) is 31.1 Å². The number of nitrogens with one attached hydrogen (secondary N) is 1. The summed E-state index contributed by atoms with van der Waals surface area (Å²) in [6, 6.07) is 0.415. The molecule has 0 aromatic rings. The Labute approximate surface area is 167 Å². The summed E-state index contributed by atoms with van der Waals surface area (Å²) in [6.07, 6.45) is 9.83. The molecule has 0 aromatic carbocycles. The van der Waals surface area contributed by atoms with E-state index in [9.17, 15) is 4.79 Å². The van der Waals surface area contributed by atoms with Crippen LogP contribution in [-0.2, 0) is 37.5 Å². The molecule has 23 heavy (non-hydrogen) atoms. The largest absolute Gasteiger partial charge is 0.514 e. The molecule has 1 aliphatic heterocycles. The Hall–Kier alpha value is 0.314. The zero-order valence-electron chi connectivity index (χ0n) is 15.1. The molecular weight excluding hydrogens is 359 g/mol. The maximum absolute atomic E-state index is 11.6. The average molecular weight is 391 g/mol. The van der Waals surface area contributed by atoms with Crippen LogP contribution in [0.5, 0.6) is 0 Å². The first kappa shape index (κ1) is 19.6. The van der Waals surface area contributed by atoms with E-state index in [1.54, 1.807) is 0 Å². The van der Waals surface area contributed by atoms with Crippen molar-refractivity contribution in [1.29, 1.82) is 0 Å². The van der Waals surface area contributed by atoms with Crippen LogP contribution in [0, 0.1) is 35.7 Å². The number of hydrogen-bond acceptors (Lipinski definition) is 1.